The predicted molar refractivity (Wildman–Crippen MR) is 96.7 cm³/mol. The molecule has 1 aliphatic rings. The lowest BCUT2D eigenvalue weighted by Gasteiger charge is -2.22. The molecule has 128 valence electrons. The normalized spacial score (nSPS) is 17.7. The van der Waals surface area contributed by atoms with Crippen LogP contribution in [0.4, 0.5) is 0 Å². The molecule has 1 aromatic rings. The summed E-state index contributed by atoms with van der Waals surface area (Å²) < 4.78 is 6.69. The van der Waals surface area contributed by atoms with Gasteiger partial charge in [0, 0.05) is 17.4 Å². The molecule has 1 amide bonds. The number of ether oxygens (including phenoxy) is 1. The second kappa shape index (κ2) is 10.7. The highest BCUT2D eigenvalue weighted by Crippen LogP contribution is 2.16. The van der Waals surface area contributed by atoms with Crippen molar-refractivity contribution < 1.29 is 9.53 Å². The van der Waals surface area contributed by atoms with E-state index in [-0.39, 0.29) is 5.91 Å². The van der Waals surface area contributed by atoms with Crippen molar-refractivity contribution >= 4 is 21.8 Å². The Hall–Kier alpha value is -1.07. The van der Waals surface area contributed by atoms with Crippen LogP contribution in [0, 0.1) is 5.92 Å². The molecule has 0 saturated carbocycles. The van der Waals surface area contributed by atoms with E-state index in [1.54, 1.807) is 0 Å². The number of rotatable bonds is 9. The summed E-state index contributed by atoms with van der Waals surface area (Å²) in [6, 6.07) is 7.81. The zero-order valence-electron chi connectivity index (χ0n) is 13.7. The fourth-order valence-corrected chi connectivity index (χ4v) is 3.05. The zero-order valence-corrected chi connectivity index (χ0v) is 15.2. The van der Waals surface area contributed by atoms with Gasteiger partial charge in [-0.2, -0.15) is 0 Å². The van der Waals surface area contributed by atoms with Gasteiger partial charge in [0.2, 0.25) is 5.91 Å². The highest BCUT2D eigenvalue weighted by atomic mass is 79.9. The van der Waals surface area contributed by atoms with Crippen molar-refractivity contribution in [3.05, 3.63) is 28.7 Å². The molecule has 0 aromatic heterocycles. The first-order valence-electron chi connectivity index (χ1n) is 8.60. The highest BCUT2D eigenvalue weighted by molar-refractivity contribution is 9.10. The van der Waals surface area contributed by atoms with Gasteiger partial charge in [0.15, 0.2) is 0 Å². The van der Waals surface area contributed by atoms with Crippen LogP contribution in [0.25, 0.3) is 0 Å². The molecule has 5 heteroatoms. The topological polar surface area (TPSA) is 50.4 Å². The third-order valence-electron chi connectivity index (χ3n) is 4.15. The standard InChI is InChI=1S/C18H27BrN2O2/c19-16-6-8-17(9-7-16)23-13-2-1-5-18(22)21-12-10-15-4-3-11-20-14-15/h6-9,15,20H,1-5,10-14H2,(H,21,22). The van der Waals surface area contributed by atoms with Gasteiger partial charge < -0.3 is 15.4 Å². The van der Waals surface area contributed by atoms with Crippen LogP contribution in [0.15, 0.2) is 28.7 Å². The SMILES string of the molecule is O=C(CCCCOc1ccc(Br)cc1)NCCC1CCCNC1. The Kier molecular flexibility index (Phi) is 8.47. The summed E-state index contributed by atoms with van der Waals surface area (Å²) in [7, 11) is 0. The van der Waals surface area contributed by atoms with E-state index in [2.05, 4.69) is 26.6 Å². The number of hydrogen-bond acceptors (Lipinski definition) is 3. The van der Waals surface area contributed by atoms with E-state index < -0.39 is 0 Å². The maximum absolute atomic E-state index is 11.8. The van der Waals surface area contributed by atoms with Crippen molar-refractivity contribution in [1.29, 1.82) is 0 Å². The Labute approximate surface area is 147 Å². The molecule has 0 radical (unpaired) electrons. The van der Waals surface area contributed by atoms with Gasteiger partial charge in [-0.05, 0) is 75.4 Å². The summed E-state index contributed by atoms with van der Waals surface area (Å²) in [6.07, 6.45) is 5.99. The average Bonchev–Trinajstić information content (AvgIpc) is 2.57. The van der Waals surface area contributed by atoms with Crippen LogP contribution in [0.1, 0.15) is 38.5 Å². The van der Waals surface area contributed by atoms with Gasteiger partial charge in [-0.15, -0.1) is 0 Å². The van der Waals surface area contributed by atoms with E-state index in [0.717, 1.165) is 55.0 Å². The summed E-state index contributed by atoms with van der Waals surface area (Å²) in [6.45, 7) is 3.71. The van der Waals surface area contributed by atoms with Crippen molar-refractivity contribution in [2.24, 2.45) is 5.92 Å². The molecule has 0 bridgehead atoms. The summed E-state index contributed by atoms with van der Waals surface area (Å²) in [5.74, 6) is 1.76. The molecule has 0 aliphatic carbocycles. The third kappa shape index (κ3) is 7.84. The minimum Gasteiger partial charge on any atom is -0.494 e. The van der Waals surface area contributed by atoms with Crippen LogP contribution < -0.4 is 15.4 Å². The zero-order chi connectivity index (χ0) is 16.3. The van der Waals surface area contributed by atoms with Crippen molar-refractivity contribution in [1.82, 2.24) is 10.6 Å². The Morgan fingerprint density at radius 3 is 2.87 bits per heavy atom. The van der Waals surface area contributed by atoms with Crippen molar-refractivity contribution in [2.75, 3.05) is 26.2 Å². The van der Waals surface area contributed by atoms with E-state index in [4.69, 9.17) is 4.74 Å². The van der Waals surface area contributed by atoms with E-state index in [1.165, 1.54) is 12.8 Å². The number of piperidine rings is 1. The van der Waals surface area contributed by atoms with Gasteiger partial charge >= 0.3 is 0 Å². The predicted octanol–water partition coefficient (Wildman–Crippen LogP) is 3.50. The first-order chi connectivity index (χ1) is 11.2. The largest absolute Gasteiger partial charge is 0.494 e. The molecule has 1 heterocycles. The number of carbonyl (C=O) groups is 1. The molecule has 2 N–H and O–H groups in total. The summed E-state index contributed by atoms with van der Waals surface area (Å²) in [4.78, 5) is 11.8. The lowest BCUT2D eigenvalue weighted by Crippen LogP contribution is -2.33. The van der Waals surface area contributed by atoms with E-state index in [1.807, 2.05) is 24.3 Å². The molecule has 2 rings (SSSR count). The van der Waals surface area contributed by atoms with Crippen LogP contribution in [-0.2, 0) is 4.79 Å². The molecular weight excluding hydrogens is 356 g/mol. The Morgan fingerprint density at radius 1 is 1.30 bits per heavy atom. The third-order valence-corrected chi connectivity index (χ3v) is 4.68. The first kappa shape index (κ1) is 18.3. The molecule has 1 aliphatic heterocycles. The maximum atomic E-state index is 11.8. The van der Waals surface area contributed by atoms with E-state index in [0.29, 0.717) is 13.0 Å². The van der Waals surface area contributed by atoms with Gasteiger partial charge in [0.25, 0.3) is 0 Å². The minimum absolute atomic E-state index is 0.164. The van der Waals surface area contributed by atoms with Crippen LogP contribution in [0.3, 0.4) is 0 Å². The van der Waals surface area contributed by atoms with Crippen molar-refractivity contribution in [3.8, 4) is 5.75 Å². The lowest BCUT2D eigenvalue weighted by molar-refractivity contribution is -0.121. The number of benzene rings is 1. The van der Waals surface area contributed by atoms with Gasteiger partial charge in [-0.3, -0.25) is 4.79 Å². The number of unbranched alkanes of at least 4 members (excludes halogenated alkanes) is 1. The Bertz CT molecular complexity index is 459. The molecule has 23 heavy (non-hydrogen) atoms. The minimum atomic E-state index is 0.164. The molecule has 1 unspecified atom stereocenters. The molecule has 1 aromatic carbocycles. The summed E-state index contributed by atoms with van der Waals surface area (Å²) in [5, 5.41) is 6.44. The Morgan fingerprint density at radius 2 is 2.13 bits per heavy atom. The summed E-state index contributed by atoms with van der Waals surface area (Å²) in [5.41, 5.74) is 0. The lowest BCUT2D eigenvalue weighted by atomic mass is 9.96. The number of hydrogen-bond donors (Lipinski definition) is 2. The fraction of sp³-hybridized carbons (Fsp3) is 0.611. The van der Waals surface area contributed by atoms with Gasteiger partial charge in [-0.25, -0.2) is 0 Å². The quantitative estimate of drug-likeness (QED) is 0.642. The number of amides is 1. The van der Waals surface area contributed by atoms with E-state index in [9.17, 15) is 4.79 Å². The molecule has 1 saturated heterocycles. The molecule has 0 spiro atoms. The second-order valence-electron chi connectivity index (χ2n) is 6.11. The van der Waals surface area contributed by atoms with Gasteiger partial charge in [0.1, 0.15) is 5.75 Å². The Balaban J connectivity index is 1.45. The van der Waals surface area contributed by atoms with Crippen molar-refractivity contribution in [3.63, 3.8) is 0 Å². The maximum Gasteiger partial charge on any atom is 0.219 e. The van der Waals surface area contributed by atoms with Crippen LogP contribution in [0.5, 0.6) is 5.75 Å². The molecular formula is C18H27BrN2O2. The summed E-state index contributed by atoms with van der Waals surface area (Å²) >= 11 is 3.40. The average molecular weight is 383 g/mol. The smallest absolute Gasteiger partial charge is 0.219 e. The first-order valence-corrected chi connectivity index (χ1v) is 9.39. The second-order valence-corrected chi connectivity index (χ2v) is 7.03. The fourth-order valence-electron chi connectivity index (χ4n) is 2.78. The number of carbonyl (C=O) groups excluding carboxylic acids is 1. The molecule has 4 nitrogen and oxygen atoms in total. The van der Waals surface area contributed by atoms with Crippen LogP contribution >= 0.6 is 15.9 Å². The van der Waals surface area contributed by atoms with E-state index >= 15 is 0 Å². The van der Waals surface area contributed by atoms with Crippen molar-refractivity contribution in [2.45, 2.75) is 38.5 Å². The van der Waals surface area contributed by atoms with Crippen LogP contribution in [0.2, 0.25) is 0 Å². The molecule has 1 atom stereocenters. The molecule has 1 fully saturated rings. The van der Waals surface area contributed by atoms with Gasteiger partial charge in [0.05, 0.1) is 6.61 Å². The highest BCUT2D eigenvalue weighted by Gasteiger charge is 2.12. The van der Waals surface area contributed by atoms with Crippen LogP contribution in [-0.4, -0.2) is 32.1 Å². The monoisotopic (exact) mass is 382 g/mol. The number of nitrogens with one attached hydrogen (secondary N) is 2. The number of halogens is 1. The van der Waals surface area contributed by atoms with Gasteiger partial charge in [-0.1, -0.05) is 15.9 Å².